The van der Waals surface area contributed by atoms with Gasteiger partial charge in [0.05, 0.1) is 0 Å². The Morgan fingerprint density at radius 3 is 3.15 bits per heavy atom. The van der Waals surface area contributed by atoms with Crippen LogP contribution in [-0.4, -0.2) is 17.6 Å². The molecule has 3 heteroatoms. The second-order valence-corrected chi connectivity index (χ2v) is 3.04. The first-order valence-electron chi connectivity index (χ1n) is 4.75. The highest BCUT2D eigenvalue weighted by molar-refractivity contribution is 5.76. The van der Waals surface area contributed by atoms with Crippen molar-refractivity contribution in [2.24, 2.45) is 0 Å². The lowest BCUT2D eigenvalue weighted by Gasteiger charge is -2.23. The van der Waals surface area contributed by atoms with E-state index in [-0.39, 0.29) is 0 Å². The van der Waals surface area contributed by atoms with Gasteiger partial charge < -0.3 is 10.4 Å². The summed E-state index contributed by atoms with van der Waals surface area (Å²) in [6.45, 7) is -0.522. The van der Waals surface area contributed by atoms with E-state index in [2.05, 4.69) is 5.32 Å². The Labute approximate surface area is 77.8 Å². The fraction of sp³-hybridized carbons (Fsp3) is 0.300. The molecule has 0 fully saturated rings. The van der Waals surface area contributed by atoms with Crippen molar-refractivity contribution >= 4 is 5.97 Å². The molecule has 2 rings (SSSR count). The molecule has 1 aliphatic heterocycles. The SMILES string of the molecule is [2H]C1Cc2ccccc2C(C(=O)O)N1. The second kappa shape index (κ2) is 3.18. The van der Waals surface area contributed by atoms with E-state index in [1.165, 1.54) is 0 Å². The molecule has 1 aromatic carbocycles. The molecule has 0 radical (unpaired) electrons. The van der Waals surface area contributed by atoms with E-state index in [9.17, 15) is 4.79 Å². The molecule has 3 nitrogen and oxygen atoms in total. The van der Waals surface area contributed by atoms with Crippen molar-refractivity contribution in [3.8, 4) is 0 Å². The average Bonchev–Trinajstić information content (AvgIpc) is 2.16. The van der Waals surface area contributed by atoms with Crippen molar-refractivity contribution in [2.45, 2.75) is 12.5 Å². The van der Waals surface area contributed by atoms with Gasteiger partial charge in [-0.15, -0.1) is 0 Å². The Hall–Kier alpha value is -1.35. The van der Waals surface area contributed by atoms with Gasteiger partial charge in [0, 0.05) is 7.89 Å². The maximum absolute atomic E-state index is 10.9. The van der Waals surface area contributed by atoms with E-state index in [0.717, 1.165) is 11.1 Å². The highest BCUT2D eigenvalue weighted by Crippen LogP contribution is 2.22. The molecule has 1 heterocycles. The number of carboxylic acid groups (broad SMARTS) is 1. The van der Waals surface area contributed by atoms with E-state index in [1.54, 1.807) is 6.07 Å². The van der Waals surface area contributed by atoms with Crippen LogP contribution < -0.4 is 5.32 Å². The summed E-state index contributed by atoms with van der Waals surface area (Å²) in [5.41, 5.74) is 1.74. The highest BCUT2D eigenvalue weighted by atomic mass is 16.4. The highest BCUT2D eigenvalue weighted by Gasteiger charge is 2.24. The maximum Gasteiger partial charge on any atom is 0.325 e. The maximum atomic E-state index is 10.9. The minimum Gasteiger partial charge on any atom is -0.480 e. The third-order valence-electron chi connectivity index (χ3n) is 2.22. The largest absolute Gasteiger partial charge is 0.480 e. The predicted molar refractivity (Wildman–Crippen MR) is 48.5 cm³/mol. The van der Waals surface area contributed by atoms with Crippen molar-refractivity contribution in [3.63, 3.8) is 0 Å². The lowest BCUT2D eigenvalue weighted by atomic mass is 9.95. The molecule has 0 saturated heterocycles. The molecule has 2 unspecified atom stereocenters. The number of carbonyl (C=O) groups is 1. The number of hydrogen-bond donors (Lipinski definition) is 2. The second-order valence-electron chi connectivity index (χ2n) is 3.04. The third-order valence-corrected chi connectivity index (χ3v) is 2.22. The smallest absolute Gasteiger partial charge is 0.325 e. The van der Waals surface area contributed by atoms with Gasteiger partial charge in [0.1, 0.15) is 6.04 Å². The van der Waals surface area contributed by atoms with Crippen molar-refractivity contribution in [1.82, 2.24) is 5.32 Å². The number of carboxylic acids is 1. The monoisotopic (exact) mass is 178 g/mol. The first-order valence-corrected chi connectivity index (χ1v) is 4.17. The number of nitrogens with one attached hydrogen (secondary N) is 1. The minimum absolute atomic E-state index is 0.522. The number of fused-ring (bicyclic) bond motifs is 1. The molecule has 1 aliphatic rings. The Kier molecular flexibility index (Phi) is 1.74. The number of benzene rings is 1. The molecule has 0 aromatic heterocycles. The van der Waals surface area contributed by atoms with Crippen LogP contribution in [0.25, 0.3) is 0 Å². The van der Waals surface area contributed by atoms with Gasteiger partial charge in [-0.25, -0.2) is 0 Å². The Morgan fingerprint density at radius 1 is 1.62 bits per heavy atom. The summed E-state index contributed by atoms with van der Waals surface area (Å²) in [6.07, 6.45) is 0.569. The summed E-state index contributed by atoms with van der Waals surface area (Å²) in [7, 11) is 0. The molecule has 0 bridgehead atoms. The number of aryl methyl sites for hydroxylation is 1. The molecular formula is C10H11NO2. The van der Waals surface area contributed by atoms with Gasteiger partial charge in [0.2, 0.25) is 0 Å². The van der Waals surface area contributed by atoms with Gasteiger partial charge in [0.15, 0.2) is 0 Å². The quantitative estimate of drug-likeness (QED) is 0.673. The fourth-order valence-corrected chi connectivity index (χ4v) is 1.58. The summed E-state index contributed by atoms with van der Waals surface area (Å²) in [4.78, 5) is 10.9. The first kappa shape index (κ1) is 7.09. The van der Waals surface area contributed by atoms with Crippen molar-refractivity contribution in [3.05, 3.63) is 35.4 Å². The summed E-state index contributed by atoms with van der Waals surface area (Å²) >= 11 is 0. The van der Waals surface area contributed by atoms with Crippen molar-refractivity contribution < 1.29 is 11.3 Å². The average molecular weight is 178 g/mol. The van der Waals surface area contributed by atoms with Crippen LogP contribution in [0.3, 0.4) is 0 Å². The van der Waals surface area contributed by atoms with E-state index < -0.39 is 18.5 Å². The van der Waals surface area contributed by atoms with Crippen LogP contribution in [0.2, 0.25) is 0 Å². The Balaban J connectivity index is 2.43. The minimum atomic E-state index is -0.922. The van der Waals surface area contributed by atoms with Crippen LogP contribution in [0.4, 0.5) is 0 Å². The van der Waals surface area contributed by atoms with Crippen molar-refractivity contribution in [1.29, 1.82) is 0 Å². The standard InChI is InChI=1S/C10H11NO2/c12-10(13)9-8-4-2-1-3-7(8)5-6-11-9/h1-4,9,11H,5-6H2,(H,12,13)/i6D. The summed E-state index contributed by atoms with van der Waals surface area (Å²) in [5, 5.41) is 11.7. The summed E-state index contributed by atoms with van der Waals surface area (Å²) < 4.78 is 7.55. The van der Waals surface area contributed by atoms with Gasteiger partial charge in [-0.3, -0.25) is 4.79 Å². The lowest BCUT2D eigenvalue weighted by molar-refractivity contribution is -0.139. The van der Waals surface area contributed by atoms with Gasteiger partial charge in [-0.1, -0.05) is 24.3 Å². The van der Waals surface area contributed by atoms with Gasteiger partial charge in [-0.2, -0.15) is 0 Å². The predicted octanol–water partition coefficient (Wildman–Crippen LogP) is 0.958. The Bertz CT molecular complexity index is 367. The molecule has 0 spiro atoms. The van der Waals surface area contributed by atoms with E-state index >= 15 is 0 Å². The van der Waals surface area contributed by atoms with Crippen LogP contribution in [0.1, 0.15) is 18.5 Å². The molecule has 13 heavy (non-hydrogen) atoms. The normalized spacial score (nSPS) is 27.5. The molecule has 0 aliphatic carbocycles. The number of hydrogen-bond acceptors (Lipinski definition) is 2. The zero-order valence-corrected chi connectivity index (χ0v) is 7.03. The topological polar surface area (TPSA) is 49.3 Å². The van der Waals surface area contributed by atoms with Gasteiger partial charge in [-0.05, 0) is 17.5 Å². The van der Waals surface area contributed by atoms with Crippen LogP contribution in [0.15, 0.2) is 24.3 Å². The van der Waals surface area contributed by atoms with Crippen LogP contribution >= 0.6 is 0 Å². The number of aliphatic carboxylic acids is 1. The molecule has 0 amide bonds. The summed E-state index contributed by atoms with van der Waals surface area (Å²) in [6, 6.07) is 6.64. The van der Waals surface area contributed by atoms with Crippen LogP contribution in [-0.2, 0) is 11.2 Å². The summed E-state index contributed by atoms with van der Waals surface area (Å²) in [5.74, 6) is -0.922. The molecular weight excluding hydrogens is 166 g/mol. The van der Waals surface area contributed by atoms with E-state index in [0.29, 0.717) is 6.42 Å². The zero-order valence-electron chi connectivity index (χ0n) is 8.03. The molecule has 2 atom stereocenters. The molecule has 0 saturated carbocycles. The van der Waals surface area contributed by atoms with Crippen LogP contribution in [0.5, 0.6) is 0 Å². The lowest BCUT2D eigenvalue weighted by Crippen LogP contribution is -2.34. The number of rotatable bonds is 1. The van der Waals surface area contributed by atoms with Gasteiger partial charge >= 0.3 is 5.97 Å². The third kappa shape index (κ3) is 1.42. The van der Waals surface area contributed by atoms with Crippen molar-refractivity contribution in [2.75, 3.05) is 6.52 Å². The first-order chi connectivity index (χ1) is 6.68. The Morgan fingerprint density at radius 2 is 2.38 bits per heavy atom. The molecule has 68 valence electrons. The van der Waals surface area contributed by atoms with E-state index in [4.69, 9.17) is 6.48 Å². The van der Waals surface area contributed by atoms with Gasteiger partial charge in [0.25, 0.3) is 0 Å². The van der Waals surface area contributed by atoms with E-state index in [1.807, 2.05) is 18.2 Å². The van der Waals surface area contributed by atoms with Crippen LogP contribution in [0, 0.1) is 0 Å². The zero-order chi connectivity index (χ0) is 10.1. The fourth-order valence-electron chi connectivity index (χ4n) is 1.58. The molecule has 1 aromatic rings. The molecule has 2 N–H and O–H groups in total.